The molecule has 3 aromatic rings. The number of benzene rings is 3. The zero-order valence-corrected chi connectivity index (χ0v) is 21.0. The highest BCUT2D eigenvalue weighted by atomic mass is 16.7. The molecule has 38 heavy (non-hydrogen) atoms. The van der Waals surface area contributed by atoms with E-state index in [4.69, 9.17) is 23.7 Å². The van der Waals surface area contributed by atoms with Crippen molar-refractivity contribution in [2.45, 2.75) is 13.3 Å². The standard InChI is InChI=1S/C30H28O8/c1-4-28(31)37-19-35-26-13-11-24(12-14-26)23-6-8-25(9-7-23)30(33)34-17-16-22-10-15-27(18-21(22)3)36-20-38-29(32)5-2/h4-15,18H,1-2,16-17,19-20H2,3H3. The Morgan fingerprint density at radius 2 is 1.24 bits per heavy atom. The Bertz CT molecular complexity index is 1280. The average Bonchev–Trinajstić information content (AvgIpc) is 2.94. The molecule has 0 saturated heterocycles. The minimum absolute atomic E-state index is 0.199. The van der Waals surface area contributed by atoms with Gasteiger partial charge in [-0.05, 0) is 65.6 Å². The molecule has 0 heterocycles. The molecule has 0 N–H and O–H groups in total. The van der Waals surface area contributed by atoms with Gasteiger partial charge in [0.2, 0.25) is 13.6 Å². The van der Waals surface area contributed by atoms with E-state index >= 15 is 0 Å². The van der Waals surface area contributed by atoms with Crippen LogP contribution in [0.2, 0.25) is 0 Å². The molecule has 0 spiro atoms. The van der Waals surface area contributed by atoms with Crippen LogP contribution < -0.4 is 9.47 Å². The first-order chi connectivity index (χ1) is 18.4. The second-order valence-electron chi connectivity index (χ2n) is 7.94. The molecule has 0 bridgehead atoms. The van der Waals surface area contributed by atoms with Gasteiger partial charge < -0.3 is 23.7 Å². The summed E-state index contributed by atoms with van der Waals surface area (Å²) in [5.74, 6) is -0.396. The van der Waals surface area contributed by atoms with Gasteiger partial charge >= 0.3 is 17.9 Å². The third-order valence-corrected chi connectivity index (χ3v) is 5.41. The van der Waals surface area contributed by atoms with Crippen molar-refractivity contribution in [3.63, 3.8) is 0 Å². The summed E-state index contributed by atoms with van der Waals surface area (Å²) in [6.07, 6.45) is 2.68. The van der Waals surface area contributed by atoms with Gasteiger partial charge in [-0.3, -0.25) is 0 Å². The molecule has 0 aliphatic rings. The summed E-state index contributed by atoms with van der Waals surface area (Å²) in [5, 5.41) is 0. The lowest BCUT2D eigenvalue weighted by molar-refractivity contribution is -0.145. The van der Waals surface area contributed by atoms with E-state index in [1.54, 1.807) is 30.3 Å². The van der Waals surface area contributed by atoms with Crippen LogP contribution in [0, 0.1) is 6.92 Å². The highest BCUT2D eigenvalue weighted by Crippen LogP contribution is 2.23. The maximum Gasteiger partial charge on any atom is 0.338 e. The molecule has 0 amide bonds. The number of carbonyl (C=O) groups excluding carboxylic acids is 3. The molecule has 3 rings (SSSR count). The maximum atomic E-state index is 12.5. The Labute approximate surface area is 221 Å². The van der Waals surface area contributed by atoms with Crippen molar-refractivity contribution in [3.05, 3.63) is 109 Å². The molecule has 0 atom stereocenters. The number of aryl methyl sites for hydroxylation is 1. The third kappa shape index (κ3) is 8.37. The van der Waals surface area contributed by atoms with Crippen LogP contribution in [0.5, 0.6) is 11.5 Å². The van der Waals surface area contributed by atoms with Crippen LogP contribution in [0.4, 0.5) is 0 Å². The van der Waals surface area contributed by atoms with Crippen molar-refractivity contribution in [1.29, 1.82) is 0 Å². The van der Waals surface area contributed by atoms with Gasteiger partial charge in [-0.15, -0.1) is 0 Å². The van der Waals surface area contributed by atoms with Crippen molar-refractivity contribution >= 4 is 17.9 Å². The van der Waals surface area contributed by atoms with Gasteiger partial charge in [0, 0.05) is 18.6 Å². The van der Waals surface area contributed by atoms with Crippen LogP contribution in [0.25, 0.3) is 11.1 Å². The highest BCUT2D eigenvalue weighted by Gasteiger charge is 2.09. The number of ether oxygens (including phenoxy) is 5. The molecule has 0 aliphatic heterocycles. The van der Waals surface area contributed by atoms with Gasteiger partial charge in [-0.1, -0.05) is 43.5 Å². The van der Waals surface area contributed by atoms with E-state index < -0.39 is 17.9 Å². The summed E-state index contributed by atoms with van der Waals surface area (Å²) < 4.78 is 25.8. The van der Waals surface area contributed by atoms with Gasteiger partial charge in [0.15, 0.2) is 0 Å². The number of hydrogen-bond donors (Lipinski definition) is 0. The second-order valence-corrected chi connectivity index (χ2v) is 7.94. The average molecular weight is 517 g/mol. The second kappa shape index (κ2) is 14.0. The van der Waals surface area contributed by atoms with E-state index in [-0.39, 0.29) is 20.2 Å². The van der Waals surface area contributed by atoms with E-state index in [1.807, 2.05) is 43.3 Å². The summed E-state index contributed by atoms with van der Waals surface area (Å²) in [6, 6.07) is 19.8. The van der Waals surface area contributed by atoms with Crippen molar-refractivity contribution in [2.24, 2.45) is 0 Å². The maximum absolute atomic E-state index is 12.5. The molecule has 0 fully saturated rings. The Morgan fingerprint density at radius 1 is 0.711 bits per heavy atom. The first-order valence-corrected chi connectivity index (χ1v) is 11.7. The zero-order valence-electron chi connectivity index (χ0n) is 21.0. The predicted molar refractivity (Wildman–Crippen MR) is 141 cm³/mol. The number of hydrogen-bond acceptors (Lipinski definition) is 8. The quantitative estimate of drug-likeness (QED) is 0.132. The fourth-order valence-corrected chi connectivity index (χ4v) is 3.35. The van der Waals surface area contributed by atoms with Crippen LogP contribution in [-0.4, -0.2) is 38.1 Å². The predicted octanol–water partition coefficient (Wildman–Crippen LogP) is 5.19. The minimum Gasteiger partial charge on any atom is -0.462 e. The zero-order chi connectivity index (χ0) is 27.3. The first kappa shape index (κ1) is 27.7. The SMILES string of the molecule is C=CC(=O)OCOc1ccc(-c2ccc(C(=O)OCCc3ccc(OCOC(=O)C=C)cc3C)cc2)cc1. The van der Waals surface area contributed by atoms with Gasteiger partial charge in [0.25, 0.3) is 0 Å². The highest BCUT2D eigenvalue weighted by molar-refractivity contribution is 5.90. The molecule has 0 radical (unpaired) electrons. The Kier molecular flexibility index (Phi) is 10.2. The molecule has 0 aliphatic carbocycles. The molecule has 0 saturated carbocycles. The molecule has 196 valence electrons. The van der Waals surface area contributed by atoms with E-state index in [9.17, 15) is 14.4 Å². The minimum atomic E-state index is -0.555. The van der Waals surface area contributed by atoms with Crippen LogP contribution in [0.3, 0.4) is 0 Å². The number of rotatable bonds is 13. The smallest absolute Gasteiger partial charge is 0.338 e. The van der Waals surface area contributed by atoms with Crippen LogP contribution >= 0.6 is 0 Å². The van der Waals surface area contributed by atoms with Gasteiger partial charge in [0.05, 0.1) is 12.2 Å². The van der Waals surface area contributed by atoms with E-state index in [1.165, 1.54) is 0 Å². The molecular weight excluding hydrogens is 488 g/mol. The molecule has 8 nitrogen and oxygen atoms in total. The topological polar surface area (TPSA) is 97.4 Å². The Balaban J connectivity index is 1.46. The largest absolute Gasteiger partial charge is 0.462 e. The van der Waals surface area contributed by atoms with E-state index in [2.05, 4.69) is 13.2 Å². The molecule has 0 unspecified atom stereocenters. The summed E-state index contributed by atoms with van der Waals surface area (Å²) in [7, 11) is 0. The van der Waals surface area contributed by atoms with Crippen molar-refractivity contribution in [1.82, 2.24) is 0 Å². The van der Waals surface area contributed by atoms with Gasteiger partial charge in [0.1, 0.15) is 11.5 Å². The Hall–Kier alpha value is -4.85. The molecule has 8 heteroatoms. The lowest BCUT2D eigenvalue weighted by Crippen LogP contribution is -2.09. The van der Waals surface area contributed by atoms with Crippen molar-refractivity contribution in [3.8, 4) is 22.6 Å². The van der Waals surface area contributed by atoms with E-state index in [0.717, 1.165) is 34.4 Å². The summed E-state index contributed by atoms with van der Waals surface area (Å²) in [4.78, 5) is 34.6. The summed E-state index contributed by atoms with van der Waals surface area (Å²) in [5.41, 5.74) is 4.28. The number of carbonyl (C=O) groups is 3. The Morgan fingerprint density at radius 3 is 1.79 bits per heavy atom. The molecular formula is C30H28O8. The van der Waals surface area contributed by atoms with Gasteiger partial charge in [-0.2, -0.15) is 0 Å². The summed E-state index contributed by atoms with van der Waals surface area (Å²) in [6.45, 7) is 8.39. The fraction of sp³-hybridized carbons (Fsp3) is 0.167. The molecule has 0 aromatic heterocycles. The fourth-order valence-electron chi connectivity index (χ4n) is 3.35. The summed E-state index contributed by atoms with van der Waals surface area (Å²) >= 11 is 0. The lowest BCUT2D eigenvalue weighted by Gasteiger charge is -2.11. The monoisotopic (exact) mass is 516 g/mol. The number of esters is 3. The lowest BCUT2D eigenvalue weighted by atomic mass is 10.0. The molecule has 3 aromatic carbocycles. The van der Waals surface area contributed by atoms with Crippen LogP contribution in [0.15, 0.2) is 92.0 Å². The van der Waals surface area contributed by atoms with E-state index in [0.29, 0.717) is 23.5 Å². The first-order valence-electron chi connectivity index (χ1n) is 11.7. The van der Waals surface area contributed by atoms with Crippen LogP contribution in [-0.2, 0) is 30.2 Å². The van der Waals surface area contributed by atoms with Crippen LogP contribution in [0.1, 0.15) is 21.5 Å². The third-order valence-electron chi connectivity index (χ3n) is 5.41. The van der Waals surface area contributed by atoms with Crippen molar-refractivity contribution in [2.75, 3.05) is 20.2 Å². The van der Waals surface area contributed by atoms with Gasteiger partial charge in [-0.25, -0.2) is 14.4 Å². The normalized spacial score (nSPS) is 10.1. The van der Waals surface area contributed by atoms with Crippen molar-refractivity contribution < 1.29 is 38.1 Å².